The van der Waals surface area contributed by atoms with Crippen molar-refractivity contribution in [3.63, 3.8) is 0 Å². The quantitative estimate of drug-likeness (QED) is 0.141. The number of rotatable bonds is 14. The smallest absolute Gasteiger partial charge is 0.0991 e. The molecule has 248 valence electrons. The van der Waals surface area contributed by atoms with Crippen molar-refractivity contribution in [1.82, 2.24) is 0 Å². The Hall–Kier alpha value is -4.35. The van der Waals surface area contributed by atoms with E-state index in [1.165, 1.54) is 47.9 Å². The number of anilines is 1. The third-order valence-electron chi connectivity index (χ3n) is 8.82. The van der Waals surface area contributed by atoms with Crippen LogP contribution in [0.4, 0.5) is 5.69 Å². The van der Waals surface area contributed by atoms with Crippen LogP contribution in [0.25, 0.3) is 11.1 Å². The molecule has 4 rings (SSSR count). The number of aryl methyl sites for hydroxylation is 2. The summed E-state index contributed by atoms with van der Waals surface area (Å²) in [4.78, 5) is 0. The predicted octanol–water partition coefficient (Wildman–Crippen LogP) is 13.5. The number of hydrogen-bond donors (Lipinski definition) is 1. The van der Waals surface area contributed by atoms with Crippen molar-refractivity contribution in [2.75, 3.05) is 5.32 Å². The molecule has 0 radical (unpaired) electrons. The number of benzene rings is 4. The Labute approximate surface area is 287 Å². The molecule has 2 heteroatoms. The molecule has 0 aliphatic heterocycles. The first-order valence-corrected chi connectivity index (χ1v) is 17.4. The molecule has 1 unspecified atom stereocenters. The molecule has 0 saturated heterocycles. The molecule has 4 aromatic rings. The van der Waals surface area contributed by atoms with Gasteiger partial charge < -0.3 is 5.32 Å². The number of nitrogens with zero attached hydrogens (tertiary/aromatic N) is 1. The summed E-state index contributed by atoms with van der Waals surface area (Å²) in [6.07, 6.45) is 9.24. The van der Waals surface area contributed by atoms with Crippen molar-refractivity contribution in [2.24, 2.45) is 0 Å². The summed E-state index contributed by atoms with van der Waals surface area (Å²) in [6.45, 7) is 23.7. The minimum absolute atomic E-state index is 0.143. The van der Waals surface area contributed by atoms with Gasteiger partial charge in [-0.3, -0.25) is 0 Å². The molecule has 0 bridgehead atoms. The van der Waals surface area contributed by atoms with Crippen molar-refractivity contribution in [2.45, 2.75) is 104 Å². The molecule has 0 aromatic heterocycles. The van der Waals surface area contributed by atoms with E-state index in [0.29, 0.717) is 5.56 Å². The summed E-state index contributed by atoms with van der Waals surface area (Å²) in [5, 5.41) is 12.8. The Morgan fingerprint density at radius 1 is 0.745 bits per heavy atom. The number of hydrogen-bond acceptors (Lipinski definition) is 2. The largest absolute Gasteiger partial charge is 0.359 e. The van der Waals surface area contributed by atoms with Gasteiger partial charge in [-0.1, -0.05) is 126 Å². The van der Waals surface area contributed by atoms with Gasteiger partial charge in [-0.05, 0) is 115 Å². The van der Waals surface area contributed by atoms with Crippen LogP contribution in [0.1, 0.15) is 113 Å². The second-order valence-corrected chi connectivity index (χ2v) is 12.8. The zero-order valence-corrected chi connectivity index (χ0v) is 30.0. The second kappa shape index (κ2) is 20.7. The van der Waals surface area contributed by atoms with Crippen LogP contribution < -0.4 is 5.32 Å². The lowest BCUT2D eigenvalue weighted by atomic mass is 9.70. The first kappa shape index (κ1) is 38.8. The average Bonchev–Trinajstić information content (AvgIpc) is 3.09. The molecular formula is C45H58N2. The van der Waals surface area contributed by atoms with E-state index in [9.17, 15) is 5.26 Å². The maximum Gasteiger partial charge on any atom is 0.0991 e. The Morgan fingerprint density at radius 2 is 1.36 bits per heavy atom. The number of nitrogens with one attached hydrogen (secondary N) is 1. The molecule has 47 heavy (non-hydrogen) atoms. The van der Waals surface area contributed by atoms with E-state index < -0.39 is 0 Å². The van der Waals surface area contributed by atoms with Crippen molar-refractivity contribution < 1.29 is 0 Å². The van der Waals surface area contributed by atoms with E-state index in [1.54, 1.807) is 0 Å². The lowest BCUT2D eigenvalue weighted by Crippen LogP contribution is -2.26. The van der Waals surface area contributed by atoms with E-state index in [0.717, 1.165) is 54.1 Å². The third-order valence-corrected chi connectivity index (χ3v) is 8.82. The fourth-order valence-electron chi connectivity index (χ4n) is 6.63. The molecule has 1 N–H and O–H groups in total. The molecule has 2 nitrogen and oxygen atoms in total. The SMILES string of the molecule is C=C.C=C(CCC(CCC)(CCC)c1ccc(-c2cccc(C#N)c2)cc1)Nc1cc(C)cc(C)c1.CCCC(C)c1ccccc1. The number of nitriles is 1. The monoisotopic (exact) mass is 626 g/mol. The van der Waals surface area contributed by atoms with Gasteiger partial charge in [0.05, 0.1) is 11.6 Å². The number of allylic oxidation sites excluding steroid dienone is 1. The normalized spacial score (nSPS) is 11.2. The summed E-state index contributed by atoms with van der Waals surface area (Å²) in [6, 6.07) is 36.4. The highest BCUT2D eigenvalue weighted by atomic mass is 14.9. The fraction of sp³-hybridized carbons (Fsp3) is 0.356. The summed E-state index contributed by atoms with van der Waals surface area (Å²) in [5.74, 6) is 0.723. The maximum absolute atomic E-state index is 9.24. The van der Waals surface area contributed by atoms with Crippen LogP contribution in [-0.4, -0.2) is 0 Å². The zero-order chi connectivity index (χ0) is 34.7. The molecule has 4 aromatic carbocycles. The van der Waals surface area contributed by atoms with Crippen LogP contribution in [0, 0.1) is 25.2 Å². The third kappa shape index (κ3) is 12.4. The Balaban J connectivity index is 0.000000496. The minimum atomic E-state index is 0.143. The average molecular weight is 627 g/mol. The Bertz CT molecular complexity index is 1500. The summed E-state index contributed by atoms with van der Waals surface area (Å²) < 4.78 is 0. The van der Waals surface area contributed by atoms with Gasteiger partial charge in [0.1, 0.15) is 0 Å². The highest BCUT2D eigenvalue weighted by Gasteiger charge is 2.30. The van der Waals surface area contributed by atoms with Crippen LogP contribution in [0.15, 0.2) is 122 Å². The molecule has 0 fully saturated rings. The van der Waals surface area contributed by atoms with Crippen molar-refractivity contribution >= 4 is 5.69 Å². The zero-order valence-electron chi connectivity index (χ0n) is 30.0. The summed E-state index contributed by atoms with van der Waals surface area (Å²) in [7, 11) is 0. The van der Waals surface area contributed by atoms with Crippen LogP contribution >= 0.6 is 0 Å². The lowest BCUT2D eigenvalue weighted by Gasteiger charge is -2.35. The fourth-order valence-corrected chi connectivity index (χ4v) is 6.63. The van der Waals surface area contributed by atoms with Crippen LogP contribution in [0.5, 0.6) is 0 Å². The van der Waals surface area contributed by atoms with Gasteiger partial charge in [0.2, 0.25) is 0 Å². The van der Waals surface area contributed by atoms with Gasteiger partial charge in [0.15, 0.2) is 0 Å². The topological polar surface area (TPSA) is 35.8 Å². The van der Waals surface area contributed by atoms with Gasteiger partial charge in [0, 0.05) is 11.4 Å². The standard InChI is InChI=1S/C32H38N2.C11H16.C2H4/c1-6-16-32(17-7-2,18-15-26(5)34-31-20-24(3)19-25(4)21-31)30-13-11-28(12-14-30)29-10-8-9-27(22-29)23-33;1-3-7-10(2)11-8-5-4-6-9-11;1-2/h8-14,19-22,34H,5-7,15-18H2,1-4H3;4-6,8-10H,3,7H2,1-2H3;1-2H2. The first-order valence-electron chi connectivity index (χ1n) is 17.4. The van der Waals surface area contributed by atoms with E-state index in [-0.39, 0.29) is 5.41 Å². The van der Waals surface area contributed by atoms with Crippen molar-refractivity contribution in [1.29, 1.82) is 5.26 Å². The van der Waals surface area contributed by atoms with Gasteiger partial charge in [-0.25, -0.2) is 0 Å². The predicted molar refractivity (Wildman–Crippen MR) is 207 cm³/mol. The highest BCUT2D eigenvalue weighted by molar-refractivity contribution is 5.65. The Morgan fingerprint density at radius 3 is 1.91 bits per heavy atom. The minimum Gasteiger partial charge on any atom is -0.359 e. The molecule has 0 aliphatic rings. The molecule has 0 saturated carbocycles. The molecular weight excluding hydrogens is 569 g/mol. The molecule has 0 spiro atoms. The van der Waals surface area contributed by atoms with Crippen molar-refractivity contribution in [3.8, 4) is 17.2 Å². The first-order chi connectivity index (χ1) is 22.7. The van der Waals surface area contributed by atoms with Crippen LogP contribution in [0.3, 0.4) is 0 Å². The molecule has 0 heterocycles. The van der Waals surface area contributed by atoms with E-state index in [4.69, 9.17) is 0 Å². The van der Waals surface area contributed by atoms with Crippen LogP contribution in [-0.2, 0) is 5.41 Å². The van der Waals surface area contributed by atoms with Gasteiger partial charge in [-0.15, -0.1) is 13.2 Å². The van der Waals surface area contributed by atoms with E-state index >= 15 is 0 Å². The Kier molecular flexibility index (Phi) is 17.1. The molecule has 0 amide bonds. The second-order valence-electron chi connectivity index (χ2n) is 12.8. The summed E-state index contributed by atoms with van der Waals surface area (Å²) in [5.41, 5.74) is 10.7. The van der Waals surface area contributed by atoms with Gasteiger partial charge in [0.25, 0.3) is 0 Å². The highest BCUT2D eigenvalue weighted by Crippen LogP contribution is 2.40. The van der Waals surface area contributed by atoms with E-state index in [2.05, 4.69) is 152 Å². The molecule has 0 aliphatic carbocycles. The van der Waals surface area contributed by atoms with Crippen molar-refractivity contribution in [3.05, 3.63) is 150 Å². The van der Waals surface area contributed by atoms with Gasteiger partial charge >= 0.3 is 0 Å². The molecule has 1 atom stereocenters. The van der Waals surface area contributed by atoms with E-state index in [1.807, 2.05) is 18.2 Å². The maximum atomic E-state index is 9.24. The summed E-state index contributed by atoms with van der Waals surface area (Å²) >= 11 is 0. The van der Waals surface area contributed by atoms with Gasteiger partial charge in [-0.2, -0.15) is 5.26 Å². The lowest BCUT2D eigenvalue weighted by molar-refractivity contribution is 0.330. The van der Waals surface area contributed by atoms with Crippen LogP contribution in [0.2, 0.25) is 0 Å².